The Kier molecular flexibility index (Phi) is 12.5. The molecule has 0 spiro atoms. The Morgan fingerprint density at radius 1 is 1.07 bits per heavy atom. The molecule has 18 heteroatoms. The minimum atomic E-state index is -3.93. The van der Waals surface area contributed by atoms with Gasteiger partial charge in [-0.05, 0) is 88.9 Å². The van der Waals surface area contributed by atoms with Crippen LogP contribution >= 0.6 is 11.3 Å². The molecular weight excluding hydrogens is 811 g/mol. The van der Waals surface area contributed by atoms with Gasteiger partial charge in [0.25, 0.3) is 5.91 Å². The van der Waals surface area contributed by atoms with Gasteiger partial charge < -0.3 is 34.6 Å². The number of pyridine rings is 1. The Morgan fingerprint density at radius 3 is 2.35 bits per heavy atom. The minimum absolute atomic E-state index is 0.0237. The highest BCUT2D eigenvalue weighted by Gasteiger charge is 2.62. The number of sulfonamides is 1. The zero-order valence-electron chi connectivity index (χ0n) is 35.8. The summed E-state index contributed by atoms with van der Waals surface area (Å²) in [5.74, 6) is -1.81. The molecule has 0 bridgehead atoms. The maximum Gasteiger partial charge on any atom is 0.408 e. The molecule has 326 valence electrons. The molecule has 4 amide bonds. The number of alkyl carbamates (subject to hydrolysis) is 1. The van der Waals surface area contributed by atoms with Crippen LogP contribution in [0.25, 0.3) is 22.2 Å². The van der Waals surface area contributed by atoms with Crippen molar-refractivity contribution in [2.45, 2.75) is 116 Å². The van der Waals surface area contributed by atoms with Gasteiger partial charge in [-0.2, -0.15) is 0 Å². The quantitative estimate of drug-likeness (QED) is 0.170. The summed E-state index contributed by atoms with van der Waals surface area (Å²) in [6, 6.07) is 5.03. The molecule has 1 saturated heterocycles. The molecule has 16 nitrogen and oxygen atoms in total. The highest BCUT2D eigenvalue weighted by atomic mass is 32.2. The van der Waals surface area contributed by atoms with E-state index in [4.69, 9.17) is 24.2 Å². The number of thiazole rings is 1. The molecule has 1 aliphatic heterocycles. The molecule has 1 aromatic carbocycles. The van der Waals surface area contributed by atoms with E-state index in [1.54, 1.807) is 54.7 Å². The number of amides is 4. The molecule has 5 unspecified atom stereocenters. The maximum absolute atomic E-state index is 14.7. The largest absolute Gasteiger partial charge is 0.497 e. The van der Waals surface area contributed by atoms with Crippen molar-refractivity contribution in [2.24, 2.45) is 11.3 Å². The van der Waals surface area contributed by atoms with Crippen molar-refractivity contribution >= 4 is 61.1 Å². The predicted octanol–water partition coefficient (Wildman–Crippen LogP) is 5.17. The van der Waals surface area contributed by atoms with E-state index < -0.39 is 79.7 Å². The highest BCUT2D eigenvalue weighted by molar-refractivity contribution is 7.91. The summed E-state index contributed by atoms with van der Waals surface area (Å²) >= 11 is 1.51. The van der Waals surface area contributed by atoms with E-state index in [-0.39, 0.29) is 25.3 Å². The summed E-state index contributed by atoms with van der Waals surface area (Å²) in [7, 11) is -2.35. The van der Waals surface area contributed by atoms with E-state index in [9.17, 15) is 27.6 Å². The van der Waals surface area contributed by atoms with E-state index in [1.165, 1.54) is 22.3 Å². The number of aromatic nitrogens is 2. The van der Waals surface area contributed by atoms with Crippen LogP contribution in [0.1, 0.15) is 81.1 Å². The Hall–Kier alpha value is -4.97. The molecule has 3 aromatic rings. The van der Waals surface area contributed by atoms with E-state index >= 15 is 0 Å². The smallest absolute Gasteiger partial charge is 0.408 e. The standard InChI is InChI=1S/C42H57N7O9S2/c1-11-25-21-42(25,37(52)47-60(54,55)28-15-16-28)46-34(50)32-20-27(22-49(32)36(51)33(40(4,5)6)45-39(53)58-41(7,8)9)57-35-29-17-14-26(56-10)18-24(29)19-30(43-35)31-23-59-38(44-31)48(12-2)13-3/h11,14,17-19,23,25,27-28,32-33H,1,12-13,15-16,20-22H2,2-10H3,(H,45,53)(H,46,50)(H,47,52). The van der Waals surface area contributed by atoms with Crippen LogP contribution in [0.3, 0.4) is 0 Å². The van der Waals surface area contributed by atoms with Gasteiger partial charge in [0.15, 0.2) is 5.13 Å². The number of fused-ring (bicyclic) bond motifs is 1. The lowest BCUT2D eigenvalue weighted by molar-refractivity contribution is -0.143. The van der Waals surface area contributed by atoms with Crippen molar-refractivity contribution in [3.8, 4) is 23.0 Å². The zero-order valence-corrected chi connectivity index (χ0v) is 37.4. The molecule has 3 heterocycles. The molecule has 0 radical (unpaired) electrons. The van der Waals surface area contributed by atoms with Gasteiger partial charge in [0.05, 0.1) is 24.6 Å². The second kappa shape index (κ2) is 16.8. The first kappa shape index (κ1) is 44.6. The molecule has 2 aliphatic carbocycles. The van der Waals surface area contributed by atoms with Crippen molar-refractivity contribution in [1.29, 1.82) is 0 Å². The molecular formula is C42H57N7O9S2. The van der Waals surface area contributed by atoms with Crippen LogP contribution in [0, 0.1) is 11.3 Å². The fraction of sp³-hybridized carbons (Fsp3) is 0.571. The first-order valence-corrected chi connectivity index (χ1v) is 22.7. The first-order chi connectivity index (χ1) is 28.1. The van der Waals surface area contributed by atoms with E-state index in [1.807, 2.05) is 23.6 Å². The Morgan fingerprint density at radius 2 is 1.77 bits per heavy atom. The number of anilines is 1. The lowest BCUT2D eigenvalue weighted by Crippen LogP contribution is -2.60. The molecule has 60 heavy (non-hydrogen) atoms. The summed E-state index contributed by atoms with van der Waals surface area (Å²) in [4.78, 5) is 69.3. The average Bonchev–Trinajstić information content (AvgIpc) is 4.06. The van der Waals surface area contributed by atoms with Gasteiger partial charge in [-0.3, -0.25) is 19.1 Å². The number of carbonyl (C=O) groups excluding carboxylic acids is 4. The second-order valence-electron chi connectivity index (χ2n) is 17.7. The van der Waals surface area contributed by atoms with E-state index in [0.717, 1.165) is 23.6 Å². The van der Waals surface area contributed by atoms with Crippen molar-refractivity contribution in [3.05, 3.63) is 42.3 Å². The lowest BCUT2D eigenvalue weighted by Gasteiger charge is -2.36. The molecule has 3 fully saturated rings. The number of likely N-dealkylation sites (tertiary alicyclic amines) is 1. The van der Waals surface area contributed by atoms with E-state index in [0.29, 0.717) is 35.4 Å². The first-order valence-electron chi connectivity index (χ1n) is 20.3. The second-order valence-corrected chi connectivity index (χ2v) is 20.5. The SMILES string of the molecule is C=CC1CC1(NC(=O)C1CC(Oc2nc(-c3csc(N(CC)CC)n3)cc3cc(OC)ccc23)CN1C(=O)C(NC(=O)OC(C)(C)C)C(C)(C)C)C(=O)NS(=O)(=O)C1CC1. The third-order valence-corrected chi connectivity index (χ3v) is 13.7. The molecule has 2 aromatic heterocycles. The summed E-state index contributed by atoms with van der Waals surface area (Å²) in [5, 5.41) is 9.09. The van der Waals surface area contributed by atoms with Crippen LogP contribution in [-0.2, 0) is 29.1 Å². The molecule has 5 atom stereocenters. The van der Waals surface area contributed by atoms with Gasteiger partial charge in [0.1, 0.15) is 40.8 Å². The van der Waals surface area contributed by atoms with Crippen molar-refractivity contribution in [2.75, 3.05) is 31.6 Å². The fourth-order valence-corrected chi connectivity index (χ4v) is 9.68. The summed E-state index contributed by atoms with van der Waals surface area (Å²) in [6.45, 7) is 19.9. The average molecular weight is 868 g/mol. The number of hydrogen-bond donors (Lipinski definition) is 3. The van der Waals surface area contributed by atoms with Gasteiger partial charge in [-0.25, -0.2) is 23.2 Å². The number of benzene rings is 1. The number of methoxy groups -OCH3 is 1. The van der Waals surface area contributed by atoms with Crippen LogP contribution in [0.15, 0.2) is 42.3 Å². The highest BCUT2D eigenvalue weighted by Crippen LogP contribution is 2.46. The monoisotopic (exact) mass is 867 g/mol. The van der Waals surface area contributed by atoms with Crippen LogP contribution in [0.5, 0.6) is 11.6 Å². The van der Waals surface area contributed by atoms with Gasteiger partial charge in [-0.15, -0.1) is 17.9 Å². The lowest BCUT2D eigenvalue weighted by atomic mass is 9.85. The number of ether oxygens (including phenoxy) is 3. The number of nitrogens with zero attached hydrogens (tertiary/aromatic N) is 4. The summed E-state index contributed by atoms with van der Waals surface area (Å²) in [5.41, 5.74) is -2.09. The third kappa shape index (κ3) is 9.64. The third-order valence-electron chi connectivity index (χ3n) is 10.9. The van der Waals surface area contributed by atoms with Crippen molar-refractivity contribution < 1.29 is 41.8 Å². The van der Waals surface area contributed by atoms with Crippen LogP contribution in [0.4, 0.5) is 9.93 Å². The van der Waals surface area contributed by atoms with Crippen LogP contribution < -0.4 is 29.7 Å². The number of hydrogen-bond acceptors (Lipinski definition) is 13. The van der Waals surface area contributed by atoms with E-state index in [2.05, 4.69) is 40.7 Å². The number of rotatable bonds is 15. The molecule has 6 rings (SSSR count). The Bertz CT molecular complexity index is 2260. The normalized spacial score (nSPS) is 22.1. The topological polar surface area (TPSA) is 198 Å². The van der Waals surface area contributed by atoms with Crippen molar-refractivity contribution in [1.82, 2.24) is 30.2 Å². The van der Waals surface area contributed by atoms with Gasteiger partial charge in [0.2, 0.25) is 27.7 Å². The van der Waals surface area contributed by atoms with Gasteiger partial charge in [0, 0.05) is 36.2 Å². The minimum Gasteiger partial charge on any atom is -0.497 e. The number of carbonyl (C=O) groups is 4. The fourth-order valence-electron chi connectivity index (χ4n) is 7.37. The predicted molar refractivity (Wildman–Crippen MR) is 229 cm³/mol. The summed E-state index contributed by atoms with van der Waals surface area (Å²) in [6.07, 6.45) is 0.887. The van der Waals surface area contributed by atoms with Crippen LogP contribution in [0.2, 0.25) is 0 Å². The van der Waals surface area contributed by atoms with Gasteiger partial charge in [-0.1, -0.05) is 26.8 Å². The Balaban J connectivity index is 1.35. The maximum atomic E-state index is 14.7. The van der Waals surface area contributed by atoms with Crippen molar-refractivity contribution in [3.63, 3.8) is 0 Å². The van der Waals surface area contributed by atoms with Gasteiger partial charge >= 0.3 is 6.09 Å². The zero-order chi connectivity index (χ0) is 43.9. The summed E-state index contributed by atoms with van der Waals surface area (Å²) < 4.78 is 45.5. The molecule has 2 saturated carbocycles. The van der Waals surface area contributed by atoms with Crippen LogP contribution in [-0.4, -0.2) is 108 Å². The molecule has 3 aliphatic rings. The molecule has 3 N–H and O–H groups in total. The Labute approximate surface area is 355 Å². The number of nitrogens with one attached hydrogen (secondary N) is 3.